The first-order valence-corrected chi connectivity index (χ1v) is 8.18. The number of halogens is 2. The van der Waals surface area contributed by atoms with Crippen molar-refractivity contribution >= 4 is 41.2 Å². The molecule has 6 nitrogen and oxygen atoms in total. The van der Waals surface area contributed by atoms with Crippen molar-refractivity contribution < 1.29 is 23.9 Å². The Bertz CT molecular complexity index is 806. The van der Waals surface area contributed by atoms with Gasteiger partial charge in [-0.1, -0.05) is 28.4 Å². The Hall–Kier alpha value is -2.57. The second-order valence-electron chi connectivity index (χ2n) is 4.99. The summed E-state index contributed by atoms with van der Waals surface area (Å²) in [5, 5.41) is 4.25. The maximum Gasteiger partial charge on any atom is 0.347 e. The molecule has 0 saturated carbocycles. The molecule has 0 unspecified atom stereocenters. The summed E-state index contributed by atoms with van der Waals surface area (Å²) in [6.45, 7) is -0.844. The van der Waals surface area contributed by atoms with Crippen LogP contribution >= 0.6 is 23.2 Å². The van der Waals surface area contributed by atoms with E-state index in [4.69, 9.17) is 37.5 Å². The maximum absolute atomic E-state index is 11.9. The Balaban J connectivity index is 1.73. The molecule has 136 valence electrons. The average Bonchev–Trinajstić information content (AvgIpc) is 2.66. The van der Waals surface area contributed by atoms with E-state index in [2.05, 4.69) is 5.16 Å². The average molecular weight is 396 g/mol. The molecule has 26 heavy (non-hydrogen) atoms. The van der Waals surface area contributed by atoms with Crippen molar-refractivity contribution in [2.24, 2.45) is 5.16 Å². The third-order valence-corrected chi connectivity index (χ3v) is 3.92. The standard InChI is InChI=1S/C18H15Cl2NO5/c1-24-14-5-2-12(3-6-14)9-21-26-11-18(23)25-10-17(22)13-4-7-15(19)16(20)8-13/h2-9H,10-11H2,1H3/b21-9+. The molecule has 8 heteroatoms. The van der Waals surface area contributed by atoms with E-state index in [1.165, 1.54) is 24.4 Å². The summed E-state index contributed by atoms with van der Waals surface area (Å²) in [5.74, 6) is -0.401. The highest BCUT2D eigenvalue weighted by molar-refractivity contribution is 6.42. The number of esters is 1. The molecular weight excluding hydrogens is 381 g/mol. The van der Waals surface area contributed by atoms with Crippen LogP contribution < -0.4 is 4.74 Å². The molecule has 0 radical (unpaired) electrons. The van der Waals surface area contributed by atoms with Gasteiger partial charge in [-0.25, -0.2) is 4.79 Å². The SMILES string of the molecule is COc1ccc(/C=N/OCC(=O)OCC(=O)c2ccc(Cl)c(Cl)c2)cc1. The molecule has 0 atom stereocenters. The molecule has 0 saturated heterocycles. The van der Waals surface area contributed by atoms with Crippen molar-refractivity contribution in [2.45, 2.75) is 0 Å². The summed E-state index contributed by atoms with van der Waals surface area (Å²) in [6.07, 6.45) is 1.44. The molecule has 2 rings (SSSR count). The van der Waals surface area contributed by atoms with Crippen LogP contribution in [0.4, 0.5) is 0 Å². The zero-order chi connectivity index (χ0) is 18.9. The number of hydrogen-bond donors (Lipinski definition) is 0. The normalized spacial score (nSPS) is 10.6. The van der Waals surface area contributed by atoms with Gasteiger partial charge in [0.1, 0.15) is 5.75 Å². The zero-order valence-electron chi connectivity index (χ0n) is 13.8. The van der Waals surface area contributed by atoms with Gasteiger partial charge in [0.2, 0.25) is 6.61 Å². The number of hydrogen-bond acceptors (Lipinski definition) is 6. The van der Waals surface area contributed by atoms with Gasteiger partial charge in [0.25, 0.3) is 0 Å². The highest BCUT2D eigenvalue weighted by atomic mass is 35.5. The van der Waals surface area contributed by atoms with Crippen molar-refractivity contribution in [3.63, 3.8) is 0 Å². The number of carbonyl (C=O) groups excluding carboxylic acids is 2. The Morgan fingerprint density at radius 3 is 2.42 bits per heavy atom. The minimum Gasteiger partial charge on any atom is -0.497 e. The number of oxime groups is 1. The summed E-state index contributed by atoms with van der Waals surface area (Å²) >= 11 is 11.6. The number of carbonyl (C=O) groups is 2. The summed E-state index contributed by atoms with van der Waals surface area (Å²) < 4.78 is 9.87. The van der Waals surface area contributed by atoms with Crippen LogP contribution in [0.25, 0.3) is 0 Å². The molecule has 0 aromatic heterocycles. The van der Waals surface area contributed by atoms with Gasteiger partial charge in [0.05, 0.1) is 23.4 Å². The Morgan fingerprint density at radius 1 is 1.04 bits per heavy atom. The Labute approximate surface area is 160 Å². The summed E-state index contributed by atoms with van der Waals surface area (Å²) in [6, 6.07) is 11.5. The molecule has 2 aromatic carbocycles. The monoisotopic (exact) mass is 395 g/mol. The van der Waals surface area contributed by atoms with Crippen LogP contribution in [0, 0.1) is 0 Å². The molecular formula is C18H15Cl2NO5. The van der Waals surface area contributed by atoms with Crippen LogP contribution in [0.5, 0.6) is 5.75 Å². The van der Waals surface area contributed by atoms with E-state index in [0.29, 0.717) is 10.6 Å². The molecule has 0 aliphatic carbocycles. The number of ketones is 1. The minimum atomic E-state index is -0.717. The minimum absolute atomic E-state index is 0.250. The van der Waals surface area contributed by atoms with Crippen LogP contribution in [-0.4, -0.2) is 38.3 Å². The Morgan fingerprint density at radius 2 is 1.77 bits per heavy atom. The number of methoxy groups -OCH3 is 1. The van der Waals surface area contributed by atoms with Crippen molar-refractivity contribution in [1.82, 2.24) is 0 Å². The fourth-order valence-corrected chi connectivity index (χ4v) is 2.12. The number of nitrogens with zero attached hydrogens (tertiary/aromatic N) is 1. The molecule has 0 amide bonds. The van der Waals surface area contributed by atoms with Crippen LogP contribution in [0.2, 0.25) is 10.0 Å². The van der Waals surface area contributed by atoms with E-state index >= 15 is 0 Å². The van der Waals surface area contributed by atoms with Crippen molar-refractivity contribution in [3.8, 4) is 5.75 Å². The number of rotatable bonds is 8. The molecule has 0 aliphatic heterocycles. The maximum atomic E-state index is 11.9. The fraction of sp³-hybridized carbons (Fsp3) is 0.167. The molecule has 0 spiro atoms. The van der Waals surface area contributed by atoms with E-state index in [1.807, 2.05) is 0 Å². The van der Waals surface area contributed by atoms with Crippen LogP contribution in [0.3, 0.4) is 0 Å². The van der Waals surface area contributed by atoms with Crippen molar-refractivity contribution in [3.05, 3.63) is 63.6 Å². The first kappa shape index (κ1) is 19.8. The van der Waals surface area contributed by atoms with E-state index in [9.17, 15) is 9.59 Å². The van der Waals surface area contributed by atoms with Gasteiger partial charge in [0, 0.05) is 5.56 Å². The highest BCUT2D eigenvalue weighted by Crippen LogP contribution is 2.22. The van der Waals surface area contributed by atoms with Crippen molar-refractivity contribution in [2.75, 3.05) is 20.3 Å². The second-order valence-corrected chi connectivity index (χ2v) is 5.81. The van der Waals surface area contributed by atoms with Gasteiger partial charge < -0.3 is 14.3 Å². The fourth-order valence-electron chi connectivity index (χ4n) is 1.82. The third-order valence-electron chi connectivity index (χ3n) is 3.18. The lowest BCUT2D eigenvalue weighted by molar-refractivity contribution is -0.147. The van der Waals surface area contributed by atoms with Gasteiger partial charge in [-0.2, -0.15) is 0 Å². The molecule has 0 N–H and O–H groups in total. The predicted molar refractivity (Wildman–Crippen MR) is 98.3 cm³/mol. The van der Waals surface area contributed by atoms with E-state index in [0.717, 1.165) is 11.3 Å². The third kappa shape index (κ3) is 6.06. The van der Waals surface area contributed by atoms with Crippen LogP contribution in [0.1, 0.15) is 15.9 Å². The van der Waals surface area contributed by atoms with E-state index in [1.54, 1.807) is 31.4 Å². The first-order valence-electron chi connectivity index (χ1n) is 7.43. The number of Topliss-reactive ketones (excluding diaryl/α,β-unsaturated/α-hetero) is 1. The predicted octanol–water partition coefficient (Wildman–Crippen LogP) is 3.78. The molecule has 2 aromatic rings. The smallest absolute Gasteiger partial charge is 0.347 e. The van der Waals surface area contributed by atoms with Gasteiger partial charge in [-0.3, -0.25) is 4.79 Å². The topological polar surface area (TPSA) is 74.2 Å². The van der Waals surface area contributed by atoms with Gasteiger partial charge in [-0.15, -0.1) is 0 Å². The van der Waals surface area contributed by atoms with E-state index in [-0.39, 0.29) is 5.02 Å². The quantitative estimate of drug-likeness (QED) is 0.294. The second kappa shape index (κ2) is 9.79. The largest absolute Gasteiger partial charge is 0.497 e. The highest BCUT2D eigenvalue weighted by Gasteiger charge is 2.11. The molecule has 0 aliphatic rings. The van der Waals surface area contributed by atoms with E-state index < -0.39 is 25.0 Å². The lowest BCUT2D eigenvalue weighted by atomic mass is 10.1. The number of benzene rings is 2. The van der Waals surface area contributed by atoms with Crippen LogP contribution in [0.15, 0.2) is 47.6 Å². The Kier molecular flexibility index (Phi) is 7.44. The number of ether oxygens (including phenoxy) is 2. The first-order chi connectivity index (χ1) is 12.5. The van der Waals surface area contributed by atoms with Gasteiger partial charge in [-0.05, 0) is 48.0 Å². The summed E-state index contributed by atoms with van der Waals surface area (Å²) in [5.41, 5.74) is 1.07. The van der Waals surface area contributed by atoms with Crippen LogP contribution in [-0.2, 0) is 14.4 Å². The zero-order valence-corrected chi connectivity index (χ0v) is 15.3. The summed E-state index contributed by atoms with van der Waals surface area (Å²) in [4.78, 5) is 28.3. The van der Waals surface area contributed by atoms with Gasteiger partial charge >= 0.3 is 5.97 Å². The summed E-state index contributed by atoms with van der Waals surface area (Å²) in [7, 11) is 1.57. The molecule has 0 fully saturated rings. The lowest BCUT2D eigenvalue weighted by Gasteiger charge is -2.04. The molecule has 0 heterocycles. The van der Waals surface area contributed by atoms with Crippen molar-refractivity contribution in [1.29, 1.82) is 0 Å². The lowest BCUT2D eigenvalue weighted by Crippen LogP contribution is -2.17. The van der Waals surface area contributed by atoms with Gasteiger partial charge in [0.15, 0.2) is 12.4 Å². The molecule has 0 bridgehead atoms.